The Labute approximate surface area is 167 Å². The van der Waals surface area contributed by atoms with Crippen LogP contribution >= 0.6 is 0 Å². The number of piperidine rings is 1. The number of aromatic hydroxyl groups is 1. The molecule has 9 nitrogen and oxygen atoms in total. The fraction of sp³-hybridized carbons (Fsp3) is 0.300. The van der Waals surface area contributed by atoms with E-state index in [1.165, 1.54) is 24.4 Å². The van der Waals surface area contributed by atoms with E-state index in [0.717, 1.165) is 31.5 Å². The fourth-order valence-electron chi connectivity index (χ4n) is 3.26. The monoisotopic (exact) mass is 394 g/mol. The van der Waals surface area contributed by atoms with E-state index in [9.17, 15) is 9.90 Å². The molecule has 3 aromatic heterocycles. The Morgan fingerprint density at radius 1 is 1.14 bits per heavy atom. The minimum Gasteiger partial charge on any atom is -0.493 e. The Kier molecular flexibility index (Phi) is 5.39. The molecule has 4 rings (SSSR count). The first-order valence-electron chi connectivity index (χ1n) is 9.45. The highest BCUT2D eigenvalue weighted by Crippen LogP contribution is 2.31. The second-order valence-electron chi connectivity index (χ2n) is 6.77. The van der Waals surface area contributed by atoms with Crippen LogP contribution in [0.1, 0.15) is 29.6 Å². The van der Waals surface area contributed by atoms with Crippen LogP contribution in [0, 0.1) is 0 Å². The van der Waals surface area contributed by atoms with Gasteiger partial charge in [-0.2, -0.15) is 9.78 Å². The summed E-state index contributed by atoms with van der Waals surface area (Å²) in [5, 5.41) is 16.8. The molecule has 29 heavy (non-hydrogen) atoms. The van der Waals surface area contributed by atoms with Crippen molar-refractivity contribution in [1.29, 1.82) is 0 Å². The van der Waals surface area contributed by atoms with E-state index in [0.29, 0.717) is 22.8 Å². The Balaban J connectivity index is 1.52. The van der Waals surface area contributed by atoms with Crippen LogP contribution in [0.25, 0.3) is 16.9 Å². The maximum absolute atomic E-state index is 12.4. The van der Waals surface area contributed by atoms with E-state index >= 15 is 0 Å². The second-order valence-corrected chi connectivity index (χ2v) is 6.77. The smallest absolute Gasteiger partial charge is 0.267 e. The molecule has 4 heterocycles. The highest BCUT2D eigenvalue weighted by Gasteiger charge is 2.17. The van der Waals surface area contributed by atoms with Crippen molar-refractivity contribution in [3.8, 4) is 28.7 Å². The van der Waals surface area contributed by atoms with Gasteiger partial charge in [0.15, 0.2) is 5.82 Å². The summed E-state index contributed by atoms with van der Waals surface area (Å²) in [7, 11) is 1.53. The lowest BCUT2D eigenvalue weighted by atomic mass is 10.1. The molecular formula is C20H22N6O3. The molecule has 1 amide bonds. The lowest BCUT2D eigenvalue weighted by molar-refractivity contribution is 0.0749. The second kappa shape index (κ2) is 8.27. The maximum atomic E-state index is 12.4. The lowest BCUT2D eigenvalue weighted by Crippen LogP contribution is -2.45. The van der Waals surface area contributed by atoms with Crippen molar-refractivity contribution in [2.45, 2.75) is 19.3 Å². The molecule has 1 aliphatic heterocycles. The maximum Gasteiger partial charge on any atom is 0.267 e. The molecular weight excluding hydrogens is 372 g/mol. The number of pyridine rings is 2. The van der Waals surface area contributed by atoms with Gasteiger partial charge in [-0.05, 0) is 36.6 Å². The molecule has 1 aliphatic rings. The number of nitrogens with one attached hydrogen (secondary N) is 1. The molecule has 0 unspecified atom stereocenters. The number of aromatic nitrogens is 4. The highest BCUT2D eigenvalue weighted by atomic mass is 16.5. The average Bonchev–Trinajstić information content (AvgIpc) is 3.16. The highest BCUT2D eigenvalue weighted by molar-refractivity contribution is 5.93. The van der Waals surface area contributed by atoms with Crippen molar-refractivity contribution in [3.63, 3.8) is 0 Å². The summed E-state index contributed by atoms with van der Waals surface area (Å²) in [6.07, 6.45) is 7.99. The van der Waals surface area contributed by atoms with Crippen molar-refractivity contribution in [1.82, 2.24) is 30.2 Å². The average molecular weight is 394 g/mol. The van der Waals surface area contributed by atoms with E-state index in [1.807, 2.05) is 5.01 Å². The molecule has 0 atom stereocenters. The van der Waals surface area contributed by atoms with Crippen LogP contribution in [0.15, 0.2) is 42.9 Å². The lowest BCUT2D eigenvalue weighted by Gasteiger charge is -2.26. The van der Waals surface area contributed by atoms with Gasteiger partial charge in [-0.15, -0.1) is 0 Å². The van der Waals surface area contributed by atoms with Gasteiger partial charge in [0.25, 0.3) is 5.91 Å². The Hall–Kier alpha value is -3.46. The van der Waals surface area contributed by atoms with Crippen LogP contribution < -0.4 is 10.2 Å². The van der Waals surface area contributed by atoms with Gasteiger partial charge in [-0.1, -0.05) is 6.42 Å². The SMILES string of the molecule is COc1cc(-c2cnn(-c3ccc(C(=O)NN4CCCCC4)cn3)c2O)ccn1. The van der Waals surface area contributed by atoms with Crippen molar-refractivity contribution in [2.24, 2.45) is 0 Å². The van der Waals surface area contributed by atoms with Crippen LogP contribution in [-0.2, 0) is 0 Å². The first-order valence-corrected chi connectivity index (χ1v) is 9.45. The number of amides is 1. The van der Waals surface area contributed by atoms with Crippen molar-refractivity contribution in [2.75, 3.05) is 20.2 Å². The number of hydrogen-bond donors (Lipinski definition) is 2. The van der Waals surface area contributed by atoms with E-state index in [1.54, 1.807) is 36.7 Å². The summed E-state index contributed by atoms with van der Waals surface area (Å²) in [5.41, 5.74) is 4.60. The third-order valence-corrected chi connectivity index (χ3v) is 4.84. The zero-order chi connectivity index (χ0) is 20.2. The predicted octanol–water partition coefficient (Wildman–Crippen LogP) is 2.17. The van der Waals surface area contributed by atoms with Gasteiger partial charge in [-0.3, -0.25) is 10.2 Å². The van der Waals surface area contributed by atoms with Gasteiger partial charge in [0.1, 0.15) is 0 Å². The minimum absolute atomic E-state index is 0.0590. The molecule has 0 spiro atoms. The van der Waals surface area contributed by atoms with Gasteiger partial charge < -0.3 is 9.84 Å². The minimum atomic E-state index is -0.194. The van der Waals surface area contributed by atoms with Crippen molar-refractivity contribution in [3.05, 3.63) is 48.4 Å². The zero-order valence-corrected chi connectivity index (χ0v) is 16.1. The molecule has 1 fully saturated rings. The molecule has 0 aromatic carbocycles. The van der Waals surface area contributed by atoms with Crippen LogP contribution in [0.5, 0.6) is 11.8 Å². The molecule has 0 aliphatic carbocycles. The summed E-state index contributed by atoms with van der Waals surface area (Å²) in [6.45, 7) is 1.72. The van der Waals surface area contributed by atoms with Gasteiger partial charge in [0, 0.05) is 31.5 Å². The molecule has 9 heteroatoms. The van der Waals surface area contributed by atoms with Gasteiger partial charge in [0.2, 0.25) is 11.8 Å². The van der Waals surface area contributed by atoms with Crippen LogP contribution in [0.4, 0.5) is 0 Å². The van der Waals surface area contributed by atoms with Gasteiger partial charge in [0.05, 0.1) is 24.4 Å². The molecule has 0 radical (unpaired) electrons. The third kappa shape index (κ3) is 4.04. The summed E-state index contributed by atoms with van der Waals surface area (Å²) >= 11 is 0. The Morgan fingerprint density at radius 3 is 2.69 bits per heavy atom. The number of carbonyl (C=O) groups excluding carboxylic acids is 1. The number of methoxy groups -OCH3 is 1. The third-order valence-electron chi connectivity index (χ3n) is 4.84. The quantitative estimate of drug-likeness (QED) is 0.683. The number of ether oxygens (including phenoxy) is 1. The normalized spacial score (nSPS) is 14.5. The van der Waals surface area contributed by atoms with Gasteiger partial charge >= 0.3 is 0 Å². The standard InChI is InChI=1S/C20H22N6O3/c1-29-18-11-14(7-8-21-18)16-13-23-26(20(16)28)17-6-5-15(12-22-17)19(27)24-25-9-3-2-4-10-25/h5-8,11-13,28H,2-4,9-10H2,1H3,(H,24,27). The van der Waals surface area contributed by atoms with Crippen LogP contribution in [-0.4, -0.2) is 56.0 Å². The predicted molar refractivity (Wildman–Crippen MR) is 106 cm³/mol. The molecule has 0 bridgehead atoms. The topological polar surface area (TPSA) is 105 Å². The largest absolute Gasteiger partial charge is 0.493 e. The van der Waals surface area contributed by atoms with E-state index in [2.05, 4.69) is 20.5 Å². The van der Waals surface area contributed by atoms with E-state index in [-0.39, 0.29) is 11.8 Å². The number of hydrazine groups is 1. The first kappa shape index (κ1) is 18.9. The van der Waals surface area contributed by atoms with E-state index < -0.39 is 0 Å². The molecule has 0 saturated carbocycles. The van der Waals surface area contributed by atoms with Crippen LogP contribution in [0.3, 0.4) is 0 Å². The summed E-state index contributed by atoms with van der Waals surface area (Å²) in [4.78, 5) is 20.7. The van der Waals surface area contributed by atoms with Crippen molar-refractivity contribution < 1.29 is 14.6 Å². The van der Waals surface area contributed by atoms with Gasteiger partial charge in [-0.25, -0.2) is 15.0 Å². The number of rotatable bonds is 5. The first-order chi connectivity index (χ1) is 14.2. The van der Waals surface area contributed by atoms with Crippen molar-refractivity contribution >= 4 is 5.91 Å². The Bertz CT molecular complexity index is 996. The number of nitrogens with zero attached hydrogens (tertiary/aromatic N) is 5. The summed E-state index contributed by atoms with van der Waals surface area (Å²) in [6, 6.07) is 6.78. The fourth-order valence-corrected chi connectivity index (χ4v) is 3.26. The number of carbonyl (C=O) groups is 1. The molecule has 3 aromatic rings. The number of hydrogen-bond acceptors (Lipinski definition) is 7. The molecule has 150 valence electrons. The van der Waals surface area contributed by atoms with E-state index in [4.69, 9.17) is 4.74 Å². The molecule has 1 saturated heterocycles. The zero-order valence-electron chi connectivity index (χ0n) is 16.1. The van der Waals surface area contributed by atoms with Crippen LogP contribution in [0.2, 0.25) is 0 Å². The Morgan fingerprint density at radius 2 is 1.97 bits per heavy atom. The molecule has 2 N–H and O–H groups in total. The summed E-state index contributed by atoms with van der Waals surface area (Å²) < 4.78 is 6.44. The summed E-state index contributed by atoms with van der Waals surface area (Å²) in [5.74, 6) is 0.595.